The lowest BCUT2D eigenvalue weighted by Gasteiger charge is -2.19. The van der Waals surface area contributed by atoms with E-state index in [0.717, 1.165) is 30.9 Å². The molecule has 1 aromatic rings. The molecule has 0 aromatic heterocycles. The van der Waals surface area contributed by atoms with Crippen LogP contribution in [0.2, 0.25) is 0 Å². The van der Waals surface area contributed by atoms with E-state index in [-0.39, 0.29) is 6.04 Å². The number of methoxy groups -OCH3 is 1. The van der Waals surface area contributed by atoms with Crippen molar-refractivity contribution in [2.75, 3.05) is 25.2 Å². The summed E-state index contributed by atoms with van der Waals surface area (Å²) < 4.78 is 17.5. The van der Waals surface area contributed by atoms with Gasteiger partial charge in [-0.1, -0.05) is 32.9 Å². The van der Waals surface area contributed by atoms with Crippen molar-refractivity contribution in [1.29, 1.82) is 0 Å². The van der Waals surface area contributed by atoms with E-state index in [1.807, 2.05) is 12.1 Å². The maximum absolute atomic E-state index is 12.3. The maximum atomic E-state index is 12.3. The van der Waals surface area contributed by atoms with Gasteiger partial charge in [0.15, 0.2) is 0 Å². The van der Waals surface area contributed by atoms with Crippen molar-refractivity contribution in [3.63, 3.8) is 0 Å². The second-order valence-electron chi connectivity index (χ2n) is 5.77. The molecule has 21 heavy (non-hydrogen) atoms. The van der Waals surface area contributed by atoms with Gasteiger partial charge in [-0.05, 0) is 43.0 Å². The zero-order chi connectivity index (χ0) is 15.7. The third kappa shape index (κ3) is 7.09. The van der Waals surface area contributed by atoms with Gasteiger partial charge in [-0.15, -0.1) is 0 Å². The third-order valence-corrected chi connectivity index (χ3v) is 4.83. The summed E-state index contributed by atoms with van der Waals surface area (Å²) in [5.74, 6) is 2.93. The first kappa shape index (κ1) is 18.2. The molecule has 0 spiro atoms. The van der Waals surface area contributed by atoms with Crippen molar-refractivity contribution in [1.82, 2.24) is 5.32 Å². The van der Waals surface area contributed by atoms with E-state index in [2.05, 4.69) is 38.2 Å². The molecule has 4 heteroatoms. The van der Waals surface area contributed by atoms with E-state index >= 15 is 0 Å². The van der Waals surface area contributed by atoms with Crippen LogP contribution in [0.4, 0.5) is 0 Å². The Hall–Kier alpha value is -0.870. The van der Waals surface area contributed by atoms with Crippen LogP contribution in [-0.4, -0.2) is 29.4 Å². The van der Waals surface area contributed by atoms with Crippen molar-refractivity contribution in [3.8, 4) is 5.75 Å². The summed E-state index contributed by atoms with van der Waals surface area (Å²) in [7, 11) is 0.894. The molecule has 120 valence electrons. The van der Waals surface area contributed by atoms with Crippen LogP contribution in [0.3, 0.4) is 0 Å². The van der Waals surface area contributed by atoms with Crippen LogP contribution in [0.15, 0.2) is 24.3 Å². The molecule has 0 aliphatic heterocycles. The molecule has 0 saturated heterocycles. The molecule has 1 N–H and O–H groups in total. The molecule has 0 aliphatic rings. The molecule has 3 nitrogen and oxygen atoms in total. The van der Waals surface area contributed by atoms with Crippen LogP contribution < -0.4 is 10.1 Å². The molecule has 0 radical (unpaired) electrons. The number of rotatable bonds is 10. The van der Waals surface area contributed by atoms with Crippen molar-refractivity contribution in [2.24, 2.45) is 5.92 Å². The van der Waals surface area contributed by atoms with Gasteiger partial charge in [0.05, 0.1) is 7.11 Å². The Morgan fingerprint density at radius 1 is 1.24 bits per heavy atom. The Labute approximate surface area is 131 Å². The lowest BCUT2D eigenvalue weighted by Crippen LogP contribution is -2.27. The molecule has 1 rings (SSSR count). The fourth-order valence-electron chi connectivity index (χ4n) is 2.06. The molecule has 2 atom stereocenters. The molecule has 0 saturated carbocycles. The topological polar surface area (TPSA) is 38.3 Å². The number of hydrogen-bond donors (Lipinski definition) is 1. The van der Waals surface area contributed by atoms with Crippen molar-refractivity contribution < 1.29 is 8.95 Å². The predicted molar refractivity (Wildman–Crippen MR) is 91.4 cm³/mol. The molecule has 1 aromatic carbocycles. The van der Waals surface area contributed by atoms with E-state index in [4.69, 9.17) is 4.74 Å². The van der Waals surface area contributed by atoms with Crippen LogP contribution in [0.1, 0.15) is 45.2 Å². The molecule has 0 heterocycles. The lowest BCUT2D eigenvalue weighted by molar-refractivity contribution is 0.414. The summed E-state index contributed by atoms with van der Waals surface area (Å²) in [5, 5.41) is 3.51. The Morgan fingerprint density at radius 3 is 2.43 bits per heavy atom. The van der Waals surface area contributed by atoms with Gasteiger partial charge in [0.1, 0.15) is 5.75 Å². The van der Waals surface area contributed by atoms with Crippen LogP contribution in [0.5, 0.6) is 5.75 Å². The first-order chi connectivity index (χ1) is 10.1. The van der Waals surface area contributed by atoms with Gasteiger partial charge in [-0.25, -0.2) is 0 Å². The first-order valence-corrected chi connectivity index (χ1v) is 9.27. The zero-order valence-electron chi connectivity index (χ0n) is 13.7. The molecule has 0 amide bonds. The van der Waals surface area contributed by atoms with Gasteiger partial charge in [0.25, 0.3) is 0 Å². The van der Waals surface area contributed by atoms with E-state index in [1.165, 1.54) is 5.56 Å². The number of nitrogens with one attached hydrogen (secondary N) is 1. The molecular weight excluding hydrogens is 282 g/mol. The summed E-state index contributed by atoms with van der Waals surface area (Å²) in [6, 6.07) is 8.21. The maximum Gasteiger partial charge on any atom is 0.118 e. The summed E-state index contributed by atoms with van der Waals surface area (Å²) in [4.78, 5) is 0. The minimum absolute atomic E-state index is 0.156. The Kier molecular flexibility index (Phi) is 8.62. The fraction of sp³-hybridized carbons (Fsp3) is 0.647. The largest absolute Gasteiger partial charge is 0.497 e. The molecule has 0 bridgehead atoms. The average molecular weight is 311 g/mol. The quantitative estimate of drug-likeness (QED) is 0.718. The Balaban J connectivity index is 2.67. The fourth-order valence-corrected chi connectivity index (χ4v) is 3.65. The van der Waals surface area contributed by atoms with Gasteiger partial charge in [-0.2, -0.15) is 0 Å². The van der Waals surface area contributed by atoms with E-state index in [1.54, 1.807) is 7.11 Å². The first-order valence-electron chi connectivity index (χ1n) is 7.79. The van der Waals surface area contributed by atoms with Crippen LogP contribution >= 0.6 is 0 Å². The molecular formula is C17H29NO2S. The number of ether oxygens (including phenoxy) is 1. The molecule has 0 aliphatic carbocycles. The smallest absolute Gasteiger partial charge is 0.118 e. The Bertz CT molecular complexity index is 417. The second kappa shape index (κ2) is 9.96. The Morgan fingerprint density at radius 2 is 1.90 bits per heavy atom. The monoisotopic (exact) mass is 311 g/mol. The normalized spacial score (nSPS) is 14.1. The predicted octanol–water partition coefficient (Wildman–Crippen LogP) is 3.53. The van der Waals surface area contributed by atoms with Crippen LogP contribution in [0.25, 0.3) is 0 Å². The van der Waals surface area contributed by atoms with E-state index in [0.29, 0.717) is 11.7 Å². The summed E-state index contributed by atoms with van der Waals surface area (Å²) in [5.41, 5.74) is 1.18. The number of hydrogen-bond acceptors (Lipinski definition) is 3. The molecule has 2 unspecified atom stereocenters. The van der Waals surface area contributed by atoms with Gasteiger partial charge in [-0.3, -0.25) is 4.21 Å². The SMILES string of the molecule is CCCNC(CS(=O)CCC(C)C)c1ccc(OC)cc1. The van der Waals surface area contributed by atoms with E-state index in [9.17, 15) is 4.21 Å². The highest BCUT2D eigenvalue weighted by atomic mass is 32.2. The number of benzene rings is 1. The molecule has 0 fully saturated rings. The minimum atomic E-state index is -0.776. The van der Waals surface area contributed by atoms with Gasteiger partial charge in [0.2, 0.25) is 0 Å². The highest BCUT2D eigenvalue weighted by Gasteiger charge is 2.14. The van der Waals surface area contributed by atoms with Crippen LogP contribution in [0, 0.1) is 5.92 Å². The van der Waals surface area contributed by atoms with Gasteiger partial charge in [0, 0.05) is 28.3 Å². The third-order valence-electron chi connectivity index (χ3n) is 3.43. The minimum Gasteiger partial charge on any atom is -0.497 e. The lowest BCUT2D eigenvalue weighted by atomic mass is 10.1. The van der Waals surface area contributed by atoms with Crippen molar-refractivity contribution in [2.45, 2.75) is 39.7 Å². The summed E-state index contributed by atoms with van der Waals surface area (Å²) in [6.07, 6.45) is 2.10. The van der Waals surface area contributed by atoms with Crippen molar-refractivity contribution >= 4 is 10.8 Å². The standard InChI is InChI=1S/C17H29NO2S/c1-5-11-18-17(13-21(19)12-10-14(2)3)15-6-8-16(20-4)9-7-15/h6-9,14,17-18H,5,10-13H2,1-4H3. The van der Waals surface area contributed by atoms with Gasteiger partial charge >= 0.3 is 0 Å². The van der Waals surface area contributed by atoms with Crippen molar-refractivity contribution in [3.05, 3.63) is 29.8 Å². The highest BCUT2D eigenvalue weighted by Crippen LogP contribution is 2.19. The van der Waals surface area contributed by atoms with Crippen LogP contribution in [-0.2, 0) is 10.8 Å². The highest BCUT2D eigenvalue weighted by molar-refractivity contribution is 7.85. The average Bonchev–Trinajstić information content (AvgIpc) is 2.49. The van der Waals surface area contributed by atoms with Gasteiger partial charge < -0.3 is 10.1 Å². The summed E-state index contributed by atoms with van der Waals surface area (Å²) in [6.45, 7) is 7.44. The second-order valence-corrected chi connectivity index (χ2v) is 7.39. The zero-order valence-corrected chi connectivity index (χ0v) is 14.5. The summed E-state index contributed by atoms with van der Waals surface area (Å²) >= 11 is 0. The van der Waals surface area contributed by atoms with E-state index < -0.39 is 10.8 Å².